The van der Waals surface area contributed by atoms with E-state index < -0.39 is 52.3 Å². The molecule has 0 bridgehead atoms. The molecule has 14 heteroatoms. The van der Waals surface area contributed by atoms with Crippen molar-refractivity contribution in [2.75, 3.05) is 72.0 Å². The van der Waals surface area contributed by atoms with Gasteiger partial charge in [-0.2, -0.15) is 0 Å². The lowest BCUT2D eigenvalue weighted by atomic mass is 10.1. The summed E-state index contributed by atoms with van der Waals surface area (Å²) in [6.07, 6.45) is 0.0561. The van der Waals surface area contributed by atoms with Gasteiger partial charge in [-0.25, -0.2) is 0 Å². The van der Waals surface area contributed by atoms with Crippen LogP contribution in [0.15, 0.2) is 30.3 Å². The molecule has 1 aromatic carbocycles. The van der Waals surface area contributed by atoms with Crippen LogP contribution in [0.1, 0.15) is 95.9 Å². The van der Waals surface area contributed by atoms with Crippen molar-refractivity contribution in [3.8, 4) is 5.75 Å². The van der Waals surface area contributed by atoms with Crippen molar-refractivity contribution in [3.63, 3.8) is 0 Å². The van der Waals surface area contributed by atoms with E-state index in [1.165, 1.54) is 0 Å². The number of para-hydroxylation sites is 1. The van der Waals surface area contributed by atoms with E-state index in [-0.39, 0.29) is 38.4 Å². The van der Waals surface area contributed by atoms with E-state index in [1.54, 1.807) is 45.0 Å². The fourth-order valence-corrected chi connectivity index (χ4v) is 5.75. The molecule has 0 N–H and O–H groups in total. The molecule has 0 aromatic heterocycles. The van der Waals surface area contributed by atoms with E-state index in [2.05, 4.69) is 0 Å². The first-order valence-electron chi connectivity index (χ1n) is 19.3. The first-order chi connectivity index (χ1) is 25.3. The number of rotatable bonds is 12. The summed E-state index contributed by atoms with van der Waals surface area (Å²) in [4.78, 5) is 74.0. The molecule has 0 saturated carbocycles. The third-order valence-electron chi connectivity index (χ3n) is 7.91. The number of ether oxygens (including phenoxy) is 5. The Bertz CT molecular complexity index is 1350. The summed E-state index contributed by atoms with van der Waals surface area (Å²) in [5.74, 6) is -1.76. The Morgan fingerprint density at radius 3 is 1.20 bits per heavy atom. The molecular weight excluding hydrogens is 708 g/mol. The number of carbonyl (C=O) groups excluding carboxylic acids is 5. The molecule has 0 spiro atoms. The van der Waals surface area contributed by atoms with E-state index in [1.807, 2.05) is 88.0 Å². The van der Waals surface area contributed by atoms with Crippen LogP contribution in [0.5, 0.6) is 5.75 Å². The van der Waals surface area contributed by atoms with Gasteiger partial charge in [0.05, 0.1) is 19.6 Å². The molecule has 1 aliphatic rings. The van der Waals surface area contributed by atoms with Gasteiger partial charge in [0.15, 0.2) is 0 Å². The topological polar surface area (TPSA) is 144 Å². The number of esters is 5. The zero-order valence-corrected chi connectivity index (χ0v) is 35.5. The van der Waals surface area contributed by atoms with Crippen LogP contribution in [-0.4, -0.2) is 150 Å². The Hall–Kier alpha value is -3.59. The van der Waals surface area contributed by atoms with Crippen LogP contribution in [0.2, 0.25) is 0 Å². The van der Waals surface area contributed by atoms with E-state index in [4.69, 9.17) is 23.7 Å². The molecule has 2 rings (SSSR count). The van der Waals surface area contributed by atoms with Gasteiger partial charge in [-0.05, 0) is 102 Å². The van der Waals surface area contributed by atoms with Crippen molar-refractivity contribution in [2.24, 2.45) is 0 Å². The Kier molecular flexibility index (Phi) is 18.2. The van der Waals surface area contributed by atoms with E-state index >= 15 is 0 Å². The normalized spacial score (nSPS) is 17.2. The minimum absolute atomic E-state index is 0.0172. The molecule has 55 heavy (non-hydrogen) atoms. The van der Waals surface area contributed by atoms with Gasteiger partial charge in [-0.15, -0.1) is 0 Å². The van der Waals surface area contributed by atoms with Gasteiger partial charge >= 0.3 is 29.8 Å². The van der Waals surface area contributed by atoms with E-state index in [0.29, 0.717) is 58.1 Å². The first-order valence-corrected chi connectivity index (χ1v) is 19.3. The molecule has 1 saturated heterocycles. The minimum atomic E-state index is -0.846. The van der Waals surface area contributed by atoms with Crippen molar-refractivity contribution in [1.29, 1.82) is 0 Å². The van der Waals surface area contributed by atoms with Crippen molar-refractivity contribution in [2.45, 2.75) is 124 Å². The van der Waals surface area contributed by atoms with Gasteiger partial charge in [0.1, 0.15) is 34.2 Å². The van der Waals surface area contributed by atoms with Crippen LogP contribution < -0.4 is 4.74 Å². The molecular formula is C41H68N4O10. The Labute approximate surface area is 329 Å². The smallest absolute Gasteiger partial charge is 0.323 e. The summed E-state index contributed by atoms with van der Waals surface area (Å²) in [6.45, 7) is 24.6. The van der Waals surface area contributed by atoms with Gasteiger partial charge < -0.3 is 23.7 Å². The van der Waals surface area contributed by atoms with E-state index in [0.717, 1.165) is 0 Å². The third kappa shape index (κ3) is 21.9. The second kappa shape index (κ2) is 21.1. The molecule has 1 heterocycles. The van der Waals surface area contributed by atoms with Crippen LogP contribution in [-0.2, 0) is 42.9 Å². The molecule has 312 valence electrons. The van der Waals surface area contributed by atoms with Crippen molar-refractivity contribution >= 4 is 29.8 Å². The van der Waals surface area contributed by atoms with Gasteiger partial charge in [0, 0.05) is 58.8 Å². The quantitative estimate of drug-likeness (QED) is 0.169. The summed E-state index contributed by atoms with van der Waals surface area (Å²) in [6, 6.07) is 7.89. The summed E-state index contributed by atoms with van der Waals surface area (Å²) in [5, 5.41) is 0. The number of nitrogens with zero attached hydrogens (tertiary/aromatic N) is 4. The van der Waals surface area contributed by atoms with Gasteiger partial charge in [0.2, 0.25) is 0 Å². The fraction of sp³-hybridized carbons (Fsp3) is 0.732. The highest BCUT2D eigenvalue weighted by atomic mass is 16.6. The molecule has 0 amide bonds. The van der Waals surface area contributed by atoms with Crippen LogP contribution in [0.25, 0.3) is 0 Å². The highest BCUT2D eigenvalue weighted by Gasteiger charge is 2.33. The molecule has 1 aliphatic heterocycles. The summed E-state index contributed by atoms with van der Waals surface area (Å²) in [5.41, 5.74) is -2.84. The lowest BCUT2D eigenvalue weighted by Gasteiger charge is -2.37. The zero-order chi connectivity index (χ0) is 41.6. The Morgan fingerprint density at radius 2 is 0.855 bits per heavy atom. The standard InChI is InChI=1S/C41H68N4O10/c1-38(2,3)52-34(47)28-42-20-22-43(29-35(48)53-39(4,5)6)24-26-45(27-25-44(23-21-42)30-36(49)54-40(7,8)9)32(37(50)55-41(10,11)12)18-19-33(46)51-31-16-14-13-15-17-31/h13-17,32H,18-30H2,1-12H3/t32-/m1/s1. The third-order valence-corrected chi connectivity index (χ3v) is 7.91. The average Bonchev–Trinajstić information content (AvgIpc) is 2.98. The van der Waals surface area contributed by atoms with E-state index in [9.17, 15) is 24.0 Å². The molecule has 0 aliphatic carbocycles. The number of benzene rings is 1. The number of hydrogen-bond acceptors (Lipinski definition) is 14. The highest BCUT2D eigenvalue weighted by Crippen LogP contribution is 2.19. The maximum atomic E-state index is 13.9. The molecule has 1 atom stereocenters. The molecule has 0 radical (unpaired) electrons. The summed E-state index contributed by atoms with van der Waals surface area (Å²) < 4.78 is 28.4. The maximum Gasteiger partial charge on any atom is 0.323 e. The van der Waals surface area contributed by atoms with Crippen molar-refractivity contribution < 1.29 is 47.7 Å². The fourth-order valence-electron chi connectivity index (χ4n) is 5.75. The van der Waals surface area contributed by atoms with Crippen LogP contribution in [0.4, 0.5) is 0 Å². The van der Waals surface area contributed by atoms with Gasteiger partial charge in [-0.1, -0.05) is 18.2 Å². The Morgan fingerprint density at radius 1 is 0.509 bits per heavy atom. The van der Waals surface area contributed by atoms with Gasteiger partial charge in [0.25, 0.3) is 0 Å². The monoisotopic (exact) mass is 776 g/mol. The van der Waals surface area contributed by atoms with Crippen LogP contribution in [0.3, 0.4) is 0 Å². The highest BCUT2D eigenvalue weighted by molar-refractivity contribution is 5.78. The van der Waals surface area contributed by atoms with Crippen LogP contribution >= 0.6 is 0 Å². The lowest BCUT2D eigenvalue weighted by molar-refractivity contribution is -0.163. The largest absolute Gasteiger partial charge is 0.459 e. The summed E-state index contributed by atoms with van der Waals surface area (Å²) >= 11 is 0. The molecule has 0 unspecified atom stereocenters. The molecule has 1 fully saturated rings. The second-order valence-corrected chi connectivity index (χ2v) is 18.0. The summed E-state index contributed by atoms with van der Waals surface area (Å²) in [7, 11) is 0. The molecule has 1 aromatic rings. The van der Waals surface area contributed by atoms with Crippen LogP contribution in [0, 0.1) is 0 Å². The predicted octanol–water partition coefficient (Wildman–Crippen LogP) is 4.33. The average molecular weight is 777 g/mol. The second-order valence-electron chi connectivity index (χ2n) is 18.0. The lowest BCUT2D eigenvalue weighted by Crippen LogP contribution is -2.53. The predicted molar refractivity (Wildman–Crippen MR) is 209 cm³/mol. The number of hydrogen-bond donors (Lipinski definition) is 0. The van der Waals surface area contributed by atoms with Crippen molar-refractivity contribution in [3.05, 3.63) is 30.3 Å². The molecule has 14 nitrogen and oxygen atoms in total. The first kappa shape index (κ1) is 47.6. The maximum absolute atomic E-state index is 13.9. The SMILES string of the molecule is CC(C)(C)OC(=O)CN1CCN(CC(=O)OC(C)(C)C)CCN([C@H](CCC(=O)Oc2ccccc2)C(=O)OC(C)(C)C)CCN(CC(=O)OC(C)(C)C)CC1. The zero-order valence-electron chi connectivity index (χ0n) is 35.5. The Balaban J connectivity index is 2.49. The minimum Gasteiger partial charge on any atom is -0.459 e. The van der Waals surface area contributed by atoms with Gasteiger partial charge in [-0.3, -0.25) is 43.6 Å². The van der Waals surface area contributed by atoms with Crippen molar-refractivity contribution in [1.82, 2.24) is 19.6 Å². The number of carbonyl (C=O) groups is 5.